The summed E-state index contributed by atoms with van der Waals surface area (Å²) in [7, 11) is 1.57. The van der Waals surface area contributed by atoms with Gasteiger partial charge in [-0.1, -0.05) is 237 Å². The van der Waals surface area contributed by atoms with Gasteiger partial charge in [-0.2, -0.15) is 0 Å². The van der Waals surface area contributed by atoms with Crippen molar-refractivity contribution in [2.75, 3.05) is 40.9 Å². The highest BCUT2D eigenvalue weighted by molar-refractivity contribution is 7.47. The summed E-state index contributed by atoms with van der Waals surface area (Å²) in [6, 6.07) is -0.848. The number of hydrogen-bond donors (Lipinski definition) is 3. The number of phosphoric acid groups is 1. The molecule has 0 rings (SSSR count). The van der Waals surface area contributed by atoms with Gasteiger partial charge < -0.3 is 19.8 Å². The lowest BCUT2D eigenvalue weighted by atomic mass is 10.0. The minimum absolute atomic E-state index is 0.0613. The third-order valence-electron chi connectivity index (χ3n) is 12.4. The van der Waals surface area contributed by atoms with E-state index in [4.69, 9.17) is 9.05 Å². The van der Waals surface area contributed by atoms with Crippen LogP contribution in [0.2, 0.25) is 0 Å². The lowest BCUT2D eigenvalue weighted by Gasteiger charge is -2.25. The SMILES string of the molecule is CCCCCCC/C=C\CCCCCCCC(=O)NC(COP(=O)(O)OCC[N+](C)(C)C)C(O)/C=C/CCCCCCCCCCCCCCCCCCCCCCCCCCC. The highest BCUT2D eigenvalue weighted by atomic mass is 31.2. The van der Waals surface area contributed by atoms with Crippen LogP contribution in [0.25, 0.3) is 0 Å². The molecule has 0 aromatic heterocycles. The number of likely N-dealkylation sites (N-methyl/N-ethyl adjacent to an activating group) is 1. The number of carbonyl (C=O) groups excluding carboxylic acids is 1. The number of nitrogens with zero attached hydrogens (tertiary/aromatic N) is 1. The van der Waals surface area contributed by atoms with Crippen LogP contribution in [0, 0.1) is 0 Å². The number of nitrogens with one attached hydrogen (secondary N) is 1. The molecule has 3 N–H and O–H groups in total. The third-order valence-corrected chi connectivity index (χ3v) is 13.4. The summed E-state index contributed by atoms with van der Waals surface area (Å²) in [5, 5.41) is 13.9. The van der Waals surface area contributed by atoms with E-state index in [1.807, 2.05) is 27.2 Å². The van der Waals surface area contributed by atoms with Crippen LogP contribution in [0.5, 0.6) is 0 Å². The molecule has 0 bridgehead atoms. The summed E-state index contributed by atoms with van der Waals surface area (Å²) in [5.41, 5.74) is 0. The van der Waals surface area contributed by atoms with Crippen LogP contribution in [-0.4, -0.2) is 73.4 Å². The molecule has 0 saturated carbocycles. The average molecular weight is 912 g/mol. The van der Waals surface area contributed by atoms with Gasteiger partial charge in [-0.15, -0.1) is 0 Å². The Bertz CT molecular complexity index is 1080. The average Bonchev–Trinajstić information content (AvgIpc) is 3.24. The molecule has 1 amide bonds. The first-order chi connectivity index (χ1) is 30.5. The molecule has 0 fully saturated rings. The van der Waals surface area contributed by atoms with Crippen LogP contribution in [0.15, 0.2) is 24.3 Å². The van der Waals surface area contributed by atoms with E-state index in [9.17, 15) is 19.4 Å². The van der Waals surface area contributed by atoms with Gasteiger partial charge in [0.15, 0.2) is 0 Å². The predicted molar refractivity (Wildman–Crippen MR) is 272 cm³/mol. The minimum Gasteiger partial charge on any atom is -0.387 e. The Morgan fingerprint density at radius 1 is 0.524 bits per heavy atom. The number of allylic oxidation sites excluding steroid dienone is 3. The van der Waals surface area contributed by atoms with Gasteiger partial charge in [-0.05, 0) is 44.9 Å². The van der Waals surface area contributed by atoms with Crippen LogP contribution in [-0.2, 0) is 18.4 Å². The van der Waals surface area contributed by atoms with E-state index < -0.39 is 20.0 Å². The largest absolute Gasteiger partial charge is 0.472 e. The second-order valence-corrected chi connectivity index (χ2v) is 21.4. The fraction of sp³-hybridized carbons (Fsp3) is 0.907. The van der Waals surface area contributed by atoms with Crippen LogP contribution in [0.3, 0.4) is 0 Å². The zero-order valence-electron chi connectivity index (χ0n) is 42.6. The van der Waals surface area contributed by atoms with Crippen LogP contribution in [0.4, 0.5) is 0 Å². The van der Waals surface area contributed by atoms with Crippen LogP contribution < -0.4 is 5.32 Å². The van der Waals surface area contributed by atoms with Gasteiger partial charge in [0.1, 0.15) is 13.2 Å². The van der Waals surface area contributed by atoms with E-state index in [0.717, 1.165) is 51.4 Å². The summed E-state index contributed by atoms with van der Waals surface area (Å²) in [5.74, 6) is -0.183. The molecule has 0 saturated heterocycles. The maximum atomic E-state index is 12.9. The molecule has 63 heavy (non-hydrogen) atoms. The zero-order valence-corrected chi connectivity index (χ0v) is 43.5. The quantitative estimate of drug-likeness (QED) is 0.0243. The Hall–Kier alpha value is -1.02. The molecule has 0 aliphatic rings. The molecule has 0 aliphatic heterocycles. The van der Waals surface area contributed by atoms with Gasteiger partial charge >= 0.3 is 7.82 Å². The molecule has 0 heterocycles. The number of rotatable bonds is 50. The third kappa shape index (κ3) is 48.7. The lowest BCUT2D eigenvalue weighted by Crippen LogP contribution is -2.45. The molecule has 3 atom stereocenters. The Labute approximate surface area is 392 Å². The molecule has 0 aromatic carbocycles. The molecule has 0 aliphatic carbocycles. The Balaban J connectivity index is 4.17. The summed E-state index contributed by atoms with van der Waals surface area (Å²) < 4.78 is 23.6. The van der Waals surface area contributed by atoms with E-state index in [0.29, 0.717) is 17.4 Å². The van der Waals surface area contributed by atoms with Crippen LogP contribution >= 0.6 is 7.82 Å². The monoisotopic (exact) mass is 912 g/mol. The first-order valence-corrected chi connectivity index (χ1v) is 28.7. The second-order valence-electron chi connectivity index (χ2n) is 20.0. The molecular formula is C54H108N2O6P+. The molecular weight excluding hydrogens is 804 g/mol. The number of carbonyl (C=O) groups is 1. The Morgan fingerprint density at radius 2 is 0.857 bits per heavy atom. The number of unbranched alkanes of at least 4 members (excludes halogenated alkanes) is 35. The highest BCUT2D eigenvalue weighted by Gasteiger charge is 2.27. The summed E-state index contributed by atoms with van der Waals surface area (Å²) >= 11 is 0. The minimum atomic E-state index is -4.34. The first kappa shape index (κ1) is 62.0. The number of quaternary nitrogens is 1. The maximum Gasteiger partial charge on any atom is 0.472 e. The normalized spacial score (nSPS) is 14.2. The summed E-state index contributed by atoms with van der Waals surface area (Å²) in [6.07, 6.45) is 57.0. The smallest absolute Gasteiger partial charge is 0.387 e. The fourth-order valence-electron chi connectivity index (χ4n) is 8.10. The molecule has 3 unspecified atom stereocenters. The van der Waals surface area contributed by atoms with Crippen molar-refractivity contribution in [1.82, 2.24) is 5.32 Å². The Morgan fingerprint density at radius 3 is 1.22 bits per heavy atom. The van der Waals surface area contributed by atoms with Crippen molar-refractivity contribution in [3.63, 3.8) is 0 Å². The van der Waals surface area contributed by atoms with Gasteiger partial charge in [0.05, 0.1) is 39.9 Å². The van der Waals surface area contributed by atoms with Gasteiger partial charge in [-0.3, -0.25) is 13.8 Å². The second kappa shape index (κ2) is 46.1. The highest BCUT2D eigenvalue weighted by Crippen LogP contribution is 2.43. The number of aliphatic hydroxyl groups excluding tert-OH is 1. The van der Waals surface area contributed by atoms with E-state index >= 15 is 0 Å². The Kier molecular flexibility index (Phi) is 45.4. The topological polar surface area (TPSA) is 105 Å². The van der Waals surface area contributed by atoms with E-state index in [2.05, 4.69) is 31.3 Å². The zero-order chi connectivity index (χ0) is 46.4. The van der Waals surface area contributed by atoms with Crippen LogP contribution in [0.1, 0.15) is 264 Å². The van der Waals surface area contributed by atoms with Crippen molar-refractivity contribution < 1.29 is 32.9 Å². The van der Waals surface area contributed by atoms with E-state index in [-0.39, 0.29) is 19.1 Å². The summed E-state index contributed by atoms with van der Waals surface area (Å²) in [6.45, 7) is 4.83. The van der Waals surface area contributed by atoms with Crippen molar-refractivity contribution in [2.45, 2.75) is 276 Å². The van der Waals surface area contributed by atoms with E-state index in [1.165, 1.54) is 193 Å². The van der Waals surface area contributed by atoms with Gasteiger partial charge in [0.2, 0.25) is 5.91 Å². The summed E-state index contributed by atoms with van der Waals surface area (Å²) in [4.78, 5) is 23.2. The predicted octanol–water partition coefficient (Wildman–Crippen LogP) is 16.0. The standard InChI is InChI=1S/C54H107N2O6P/c1-6-8-10-12-14-16-18-20-22-23-24-25-26-27-28-29-30-31-32-33-34-35-37-39-41-43-45-47-53(57)52(51-62-63(59,60)61-50-49-56(3,4)5)55-54(58)48-46-44-42-40-38-36-21-19-17-15-13-11-9-7-2/h19,21,45,47,52-53,57H,6-18,20,22-44,46,48-51H2,1-5H3,(H-,55,58,59,60)/p+1/b21-19-,47-45+. The van der Waals surface area contributed by atoms with E-state index in [1.54, 1.807) is 6.08 Å². The maximum absolute atomic E-state index is 12.9. The molecule has 0 aromatic rings. The van der Waals surface area contributed by atoms with Crippen molar-refractivity contribution in [3.8, 4) is 0 Å². The molecule has 8 nitrogen and oxygen atoms in total. The number of amides is 1. The lowest BCUT2D eigenvalue weighted by molar-refractivity contribution is -0.870. The number of hydrogen-bond acceptors (Lipinski definition) is 5. The first-order valence-electron chi connectivity index (χ1n) is 27.2. The molecule has 0 radical (unpaired) electrons. The van der Waals surface area contributed by atoms with Crippen molar-refractivity contribution in [2.24, 2.45) is 0 Å². The number of phosphoric ester groups is 1. The van der Waals surface area contributed by atoms with Gasteiger partial charge in [0, 0.05) is 6.42 Å². The van der Waals surface area contributed by atoms with Crippen molar-refractivity contribution in [1.29, 1.82) is 0 Å². The van der Waals surface area contributed by atoms with Crippen molar-refractivity contribution >= 4 is 13.7 Å². The van der Waals surface area contributed by atoms with Gasteiger partial charge in [-0.25, -0.2) is 4.57 Å². The molecule has 0 spiro atoms. The van der Waals surface area contributed by atoms with Crippen molar-refractivity contribution in [3.05, 3.63) is 24.3 Å². The molecule has 9 heteroatoms. The number of aliphatic hydroxyl groups is 1. The fourth-order valence-corrected chi connectivity index (χ4v) is 8.83. The molecule has 374 valence electrons. The van der Waals surface area contributed by atoms with Gasteiger partial charge in [0.25, 0.3) is 0 Å².